The van der Waals surface area contributed by atoms with E-state index in [2.05, 4.69) is 4.98 Å². The zero-order chi connectivity index (χ0) is 10.1. The third kappa shape index (κ3) is 1.37. The molecule has 0 fully saturated rings. The van der Waals surface area contributed by atoms with Gasteiger partial charge >= 0.3 is 5.97 Å². The normalized spacial score (nSPS) is 10.3. The minimum atomic E-state index is -1.02. The number of carbonyl (C=O) groups is 1. The van der Waals surface area contributed by atoms with Crippen LogP contribution in [0.3, 0.4) is 0 Å². The highest BCUT2D eigenvalue weighted by atomic mass is 16.4. The van der Waals surface area contributed by atoms with E-state index in [4.69, 9.17) is 10.8 Å². The number of carboxylic acids is 1. The molecule has 14 heavy (non-hydrogen) atoms. The van der Waals surface area contributed by atoms with Crippen molar-refractivity contribution >= 4 is 22.4 Å². The molecule has 0 aliphatic heterocycles. The van der Waals surface area contributed by atoms with E-state index in [9.17, 15) is 4.79 Å². The van der Waals surface area contributed by atoms with Crippen molar-refractivity contribution in [2.45, 2.75) is 0 Å². The highest BCUT2D eigenvalue weighted by Crippen LogP contribution is 2.17. The van der Waals surface area contributed by atoms with E-state index in [0.717, 1.165) is 10.8 Å². The van der Waals surface area contributed by atoms with Crippen LogP contribution >= 0.6 is 0 Å². The van der Waals surface area contributed by atoms with Crippen molar-refractivity contribution in [2.24, 2.45) is 0 Å². The molecule has 0 unspecified atom stereocenters. The molecule has 0 amide bonds. The zero-order valence-corrected chi connectivity index (χ0v) is 7.27. The molecule has 1 aromatic heterocycles. The van der Waals surface area contributed by atoms with Crippen molar-refractivity contribution in [1.29, 1.82) is 0 Å². The number of benzene rings is 1. The SMILES string of the molecule is Nc1ccc2cc(C(=O)O)ncc2c1. The molecule has 1 aromatic carbocycles. The molecule has 0 saturated heterocycles. The van der Waals surface area contributed by atoms with Crippen molar-refractivity contribution in [1.82, 2.24) is 4.98 Å². The van der Waals surface area contributed by atoms with E-state index in [1.165, 1.54) is 12.3 Å². The smallest absolute Gasteiger partial charge is 0.354 e. The van der Waals surface area contributed by atoms with Crippen LogP contribution in [0.1, 0.15) is 10.5 Å². The third-order valence-corrected chi connectivity index (χ3v) is 1.96. The molecule has 0 atom stereocenters. The monoisotopic (exact) mass is 188 g/mol. The zero-order valence-electron chi connectivity index (χ0n) is 7.27. The molecule has 3 N–H and O–H groups in total. The third-order valence-electron chi connectivity index (χ3n) is 1.96. The second-order valence-corrected chi connectivity index (χ2v) is 2.98. The van der Waals surface area contributed by atoms with E-state index < -0.39 is 5.97 Å². The standard InChI is InChI=1S/C10H8N2O2/c11-8-2-1-6-4-9(10(13)14)12-5-7(6)3-8/h1-5H,11H2,(H,13,14). The lowest BCUT2D eigenvalue weighted by molar-refractivity contribution is 0.0691. The number of fused-ring (bicyclic) bond motifs is 1. The summed E-state index contributed by atoms with van der Waals surface area (Å²) < 4.78 is 0. The summed E-state index contributed by atoms with van der Waals surface area (Å²) in [6.45, 7) is 0. The van der Waals surface area contributed by atoms with Gasteiger partial charge in [-0.15, -0.1) is 0 Å². The Morgan fingerprint density at radius 2 is 2.07 bits per heavy atom. The Kier molecular flexibility index (Phi) is 1.81. The van der Waals surface area contributed by atoms with E-state index in [1.54, 1.807) is 18.2 Å². The summed E-state index contributed by atoms with van der Waals surface area (Å²) in [6, 6.07) is 6.79. The molecule has 0 radical (unpaired) electrons. The molecule has 2 rings (SSSR count). The van der Waals surface area contributed by atoms with Gasteiger partial charge in [0.2, 0.25) is 0 Å². The topological polar surface area (TPSA) is 76.2 Å². The van der Waals surface area contributed by atoms with E-state index in [0.29, 0.717) is 5.69 Å². The number of hydrogen-bond donors (Lipinski definition) is 2. The fourth-order valence-corrected chi connectivity index (χ4v) is 1.28. The summed E-state index contributed by atoms with van der Waals surface area (Å²) in [5.41, 5.74) is 6.26. The number of nitrogen functional groups attached to an aromatic ring is 1. The molecule has 70 valence electrons. The maximum absolute atomic E-state index is 10.6. The van der Waals surface area contributed by atoms with E-state index in [1.807, 2.05) is 0 Å². The van der Waals surface area contributed by atoms with E-state index in [-0.39, 0.29) is 5.69 Å². The first-order valence-corrected chi connectivity index (χ1v) is 4.05. The molecule has 2 aromatic rings. The molecule has 0 bridgehead atoms. The van der Waals surface area contributed by atoms with Gasteiger partial charge in [0, 0.05) is 17.3 Å². The van der Waals surface area contributed by atoms with Gasteiger partial charge in [-0.05, 0) is 23.6 Å². The van der Waals surface area contributed by atoms with Crippen LogP contribution in [0.25, 0.3) is 10.8 Å². The van der Waals surface area contributed by atoms with Gasteiger partial charge in [-0.2, -0.15) is 0 Å². The fraction of sp³-hybridized carbons (Fsp3) is 0. The molecule has 0 saturated carbocycles. The molecule has 0 aliphatic carbocycles. The lowest BCUT2D eigenvalue weighted by Crippen LogP contribution is -1.99. The van der Waals surface area contributed by atoms with Gasteiger partial charge in [0.15, 0.2) is 0 Å². The van der Waals surface area contributed by atoms with Crippen LogP contribution in [-0.2, 0) is 0 Å². The minimum Gasteiger partial charge on any atom is -0.477 e. The summed E-state index contributed by atoms with van der Waals surface area (Å²) in [7, 11) is 0. The lowest BCUT2D eigenvalue weighted by atomic mass is 10.1. The van der Waals surface area contributed by atoms with Crippen molar-refractivity contribution in [2.75, 3.05) is 5.73 Å². The fourth-order valence-electron chi connectivity index (χ4n) is 1.28. The number of aromatic nitrogens is 1. The first-order chi connectivity index (χ1) is 6.66. The second kappa shape index (κ2) is 2.99. The Morgan fingerprint density at radius 1 is 1.29 bits per heavy atom. The molecule has 0 aliphatic rings. The lowest BCUT2D eigenvalue weighted by Gasteiger charge is -1.99. The first kappa shape index (κ1) is 8.50. The maximum Gasteiger partial charge on any atom is 0.354 e. The van der Waals surface area contributed by atoms with Gasteiger partial charge in [0.1, 0.15) is 5.69 Å². The summed E-state index contributed by atoms with van der Waals surface area (Å²) in [5, 5.41) is 10.4. The largest absolute Gasteiger partial charge is 0.477 e. The summed E-state index contributed by atoms with van der Waals surface area (Å²) in [6.07, 6.45) is 1.51. The van der Waals surface area contributed by atoms with Gasteiger partial charge in [0.25, 0.3) is 0 Å². The molecular formula is C10H8N2O2. The number of hydrogen-bond acceptors (Lipinski definition) is 3. The molecule has 1 heterocycles. The van der Waals surface area contributed by atoms with E-state index >= 15 is 0 Å². The van der Waals surface area contributed by atoms with Crippen LogP contribution in [0.5, 0.6) is 0 Å². The number of nitrogens with two attached hydrogens (primary N) is 1. The van der Waals surface area contributed by atoms with Gasteiger partial charge in [0.05, 0.1) is 0 Å². The highest BCUT2D eigenvalue weighted by molar-refractivity contribution is 5.92. The Bertz CT molecular complexity index is 508. The number of carboxylic acid groups (broad SMARTS) is 1. The van der Waals surface area contributed by atoms with Gasteiger partial charge in [-0.1, -0.05) is 6.07 Å². The number of anilines is 1. The number of rotatable bonds is 1. The van der Waals surface area contributed by atoms with Gasteiger partial charge in [-0.25, -0.2) is 9.78 Å². The Morgan fingerprint density at radius 3 is 2.79 bits per heavy atom. The molecule has 0 spiro atoms. The van der Waals surface area contributed by atoms with Crippen LogP contribution in [0.4, 0.5) is 5.69 Å². The summed E-state index contributed by atoms with van der Waals surface area (Å²) >= 11 is 0. The van der Waals surface area contributed by atoms with Crippen LogP contribution in [-0.4, -0.2) is 16.1 Å². The number of nitrogens with zero attached hydrogens (tertiary/aromatic N) is 1. The Labute approximate surface area is 80.0 Å². The van der Waals surface area contributed by atoms with Crippen LogP contribution < -0.4 is 5.73 Å². The van der Waals surface area contributed by atoms with Crippen LogP contribution in [0.2, 0.25) is 0 Å². The summed E-state index contributed by atoms with van der Waals surface area (Å²) in [5.74, 6) is -1.02. The minimum absolute atomic E-state index is 0.0438. The quantitative estimate of drug-likeness (QED) is 0.665. The van der Waals surface area contributed by atoms with Crippen LogP contribution in [0.15, 0.2) is 30.5 Å². The average molecular weight is 188 g/mol. The first-order valence-electron chi connectivity index (χ1n) is 4.05. The van der Waals surface area contributed by atoms with Crippen molar-refractivity contribution in [3.8, 4) is 0 Å². The Hall–Kier alpha value is -2.10. The van der Waals surface area contributed by atoms with Crippen molar-refractivity contribution in [3.05, 3.63) is 36.2 Å². The highest BCUT2D eigenvalue weighted by Gasteiger charge is 2.04. The molecule has 4 heteroatoms. The van der Waals surface area contributed by atoms with Crippen LogP contribution in [0, 0.1) is 0 Å². The number of aromatic carboxylic acids is 1. The van der Waals surface area contributed by atoms with Crippen molar-refractivity contribution in [3.63, 3.8) is 0 Å². The Balaban J connectivity index is 2.67. The average Bonchev–Trinajstić information content (AvgIpc) is 2.16. The van der Waals surface area contributed by atoms with Gasteiger partial charge < -0.3 is 10.8 Å². The predicted octanol–water partition coefficient (Wildman–Crippen LogP) is 1.52. The maximum atomic E-state index is 10.6. The molecule has 4 nitrogen and oxygen atoms in total. The van der Waals surface area contributed by atoms with Gasteiger partial charge in [-0.3, -0.25) is 0 Å². The number of pyridine rings is 1. The summed E-state index contributed by atoms with van der Waals surface area (Å²) in [4.78, 5) is 14.4. The molecular weight excluding hydrogens is 180 g/mol. The second-order valence-electron chi connectivity index (χ2n) is 2.98. The van der Waals surface area contributed by atoms with Crippen molar-refractivity contribution < 1.29 is 9.90 Å². The predicted molar refractivity (Wildman–Crippen MR) is 53.1 cm³/mol.